The van der Waals surface area contributed by atoms with Crippen molar-refractivity contribution < 1.29 is 14.3 Å². The lowest BCUT2D eigenvalue weighted by Gasteiger charge is -2.25. The fraction of sp³-hybridized carbons (Fsp3) is 0.320. The van der Waals surface area contributed by atoms with Gasteiger partial charge in [0.05, 0.1) is 5.56 Å². The van der Waals surface area contributed by atoms with E-state index in [0.29, 0.717) is 16.9 Å². The topological polar surface area (TPSA) is 35.5 Å². The zero-order chi connectivity index (χ0) is 20.9. The molecular weight excluding hydrogens is 348 g/mol. The summed E-state index contributed by atoms with van der Waals surface area (Å²) in [6.07, 6.45) is 4.87. The van der Waals surface area contributed by atoms with Crippen LogP contribution >= 0.6 is 0 Å². The van der Waals surface area contributed by atoms with E-state index in [1.807, 2.05) is 57.2 Å². The quantitative estimate of drug-likeness (QED) is 0.366. The lowest BCUT2D eigenvalue weighted by Crippen LogP contribution is -2.27. The number of ether oxygens (including phenoxy) is 2. The van der Waals surface area contributed by atoms with E-state index < -0.39 is 11.8 Å². The number of hydrogen-bond acceptors (Lipinski definition) is 3. The van der Waals surface area contributed by atoms with E-state index in [2.05, 4.69) is 17.8 Å². The van der Waals surface area contributed by atoms with E-state index in [1.165, 1.54) is 0 Å². The second kappa shape index (κ2) is 8.24. The molecule has 2 aromatic carbocycles. The lowest BCUT2D eigenvalue weighted by atomic mass is 9.84. The highest BCUT2D eigenvalue weighted by Gasteiger charge is 2.26. The van der Waals surface area contributed by atoms with Crippen LogP contribution in [0.5, 0.6) is 5.75 Å². The van der Waals surface area contributed by atoms with Crippen molar-refractivity contribution in [2.24, 2.45) is 0 Å². The minimum absolute atomic E-state index is 0.312. The van der Waals surface area contributed by atoms with Crippen LogP contribution in [0.4, 0.5) is 4.79 Å². The van der Waals surface area contributed by atoms with E-state index in [9.17, 15) is 4.79 Å². The Morgan fingerprint density at radius 3 is 2.11 bits per heavy atom. The van der Waals surface area contributed by atoms with Gasteiger partial charge in [-0.25, -0.2) is 4.79 Å². The summed E-state index contributed by atoms with van der Waals surface area (Å²) in [5, 5.41) is 0. The van der Waals surface area contributed by atoms with Crippen molar-refractivity contribution >= 4 is 6.16 Å². The van der Waals surface area contributed by atoms with Gasteiger partial charge < -0.3 is 9.47 Å². The van der Waals surface area contributed by atoms with E-state index in [-0.39, 0.29) is 5.41 Å². The molecular formula is C25H26O3. The van der Waals surface area contributed by atoms with Crippen molar-refractivity contribution in [2.45, 2.75) is 52.6 Å². The molecule has 0 spiro atoms. The zero-order valence-electron chi connectivity index (χ0n) is 17.3. The first-order chi connectivity index (χ1) is 13.0. The predicted molar refractivity (Wildman–Crippen MR) is 112 cm³/mol. The van der Waals surface area contributed by atoms with Gasteiger partial charge in [-0.3, -0.25) is 0 Å². The molecule has 0 atom stereocenters. The van der Waals surface area contributed by atoms with Crippen LogP contribution in [0, 0.1) is 24.2 Å². The first-order valence-corrected chi connectivity index (χ1v) is 9.12. The molecule has 3 heteroatoms. The highest BCUT2D eigenvalue weighted by Crippen LogP contribution is 2.35. The number of rotatable bonds is 1. The Morgan fingerprint density at radius 1 is 0.929 bits per heavy atom. The van der Waals surface area contributed by atoms with Crippen LogP contribution in [0.15, 0.2) is 42.5 Å². The third-order valence-electron chi connectivity index (χ3n) is 3.75. The van der Waals surface area contributed by atoms with Crippen LogP contribution in [0.25, 0.3) is 0 Å². The summed E-state index contributed by atoms with van der Waals surface area (Å²) in [6, 6.07) is 13.2. The third kappa shape index (κ3) is 5.93. The third-order valence-corrected chi connectivity index (χ3v) is 3.75. The van der Waals surface area contributed by atoms with E-state index >= 15 is 0 Å². The molecule has 0 bridgehead atoms. The van der Waals surface area contributed by atoms with E-state index in [4.69, 9.17) is 15.9 Å². The average molecular weight is 374 g/mol. The molecule has 0 saturated carbocycles. The SMILES string of the molecule is C#Cc1cc(C#Cc2ccccc2)c(OC(=O)OC(C)(C)C)c(C(C)(C)C)c1. The van der Waals surface area contributed by atoms with Crippen LogP contribution in [-0.2, 0) is 10.2 Å². The molecule has 0 aliphatic rings. The average Bonchev–Trinajstić information content (AvgIpc) is 2.58. The summed E-state index contributed by atoms with van der Waals surface area (Å²) in [5.74, 6) is 9.24. The number of carbonyl (C=O) groups is 1. The Kier molecular flexibility index (Phi) is 6.22. The van der Waals surface area contributed by atoms with Gasteiger partial charge in [0.25, 0.3) is 0 Å². The molecule has 2 rings (SSSR count). The molecule has 3 nitrogen and oxygen atoms in total. The molecule has 2 aromatic rings. The minimum Gasteiger partial charge on any atom is -0.428 e. The first kappa shape index (κ1) is 21.1. The van der Waals surface area contributed by atoms with Crippen LogP contribution < -0.4 is 4.74 Å². The van der Waals surface area contributed by atoms with Crippen molar-refractivity contribution in [2.75, 3.05) is 0 Å². The Morgan fingerprint density at radius 2 is 1.57 bits per heavy atom. The van der Waals surface area contributed by atoms with E-state index in [1.54, 1.807) is 26.8 Å². The fourth-order valence-electron chi connectivity index (χ4n) is 2.49. The van der Waals surface area contributed by atoms with Gasteiger partial charge in [0.15, 0.2) is 5.75 Å². The summed E-state index contributed by atoms with van der Waals surface area (Å²) in [6.45, 7) is 11.4. The lowest BCUT2D eigenvalue weighted by molar-refractivity contribution is 0.0202. The first-order valence-electron chi connectivity index (χ1n) is 9.12. The molecule has 28 heavy (non-hydrogen) atoms. The fourth-order valence-corrected chi connectivity index (χ4v) is 2.49. The molecule has 0 unspecified atom stereocenters. The maximum atomic E-state index is 12.4. The van der Waals surface area contributed by atoms with Gasteiger partial charge >= 0.3 is 6.16 Å². The standard InChI is InChI=1S/C25H26O3/c1-8-18-16-20(15-14-19-12-10-9-11-13-19)22(21(17-18)24(2,3)4)27-23(26)28-25(5,6)7/h1,9-13,16-17H,2-7H3. The smallest absolute Gasteiger partial charge is 0.428 e. The van der Waals surface area contributed by atoms with Gasteiger partial charge in [0.2, 0.25) is 0 Å². The number of benzene rings is 2. The Hall–Kier alpha value is -3.17. The Balaban J connectivity index is 2.60. The maximum absolute atomic E-state index is 12.4. The van der Waals surface area contributed by atoms with Gasteiger partial charge in [0.1, 0.15) is 5.60 Å². The van der Waals surface area contributed by atoms with Gasteiger partial charge in [-0.2, -0.15) is 0 Å². The molecule has 0 aromatic heterocycles. The highest BCUT2D eigenvalue weighted by atomic mass is 16.7. The largest absolute Gasteiger partial charge is 0.514 e. The number of terminal acetylenes is 1. The van der Waals surface area contributed by atoms with Crippen molar-refractivity contribution in [3.8, 4) is 29.9 Å². The van der Waals surface area contributed by atoms with Crippen LogP contribution in [-0.4, -0.2) is 11.8 Å². The second-order valence-electron chi connectivity index (χ2n) is 8.48. The molecule has 0 aliphatic heterocycles. The van der Waals surface area contributed by atoms with Crippen molar-refractivity contribution in [1.82, 2.24) is 0 Å². The summed E-state index contributed by atoms with van der Waals surface area (Å²) >= 11 is 0. The van der Waals surface area contributed by atoms with Gasteiger partial charge in [-0.15, -0.1) is 6.42 Å². The molecule has 0 amide bonds. The molecule has 0 N–H and O–H groups in total. The van der Waals surface area contributed by atoms with Crippen LogP contribution in [0.2, 0.25) is 0 Å². The molecule has 0 saturated heterocycles. The van der Waals surface area contributed by atoms with Gasteiger partial charge in [-0.05, 0) is 50.5 Å². The van der Waals surface area contributed by atoms with Crippen molar-refractivity contribution in [3.63, 3.8) is 0 Å². The maximum Gasteiger partial charge on any atom is 0.514 e. The molecule has 0 radical (unpaired) electrons. The van der Waals surface area contributed by atoms with E-state index in [0.717, 1.165) is 11.1 Å². The summed E-state index contributed by atoms with van der Waals surface area (Å²) in [5.41, 5.74) is 1.91. The van der Waals surface area contributed by atoms with Crippen molar-refractivity contribution in [3.05, 3.63) is 64.7 Å². The van der Waals surface area contributed by atoms with Crippen LogP contribution in [0.3, 0.4) is 0 Å². The second-order valence-corrected chi connectivity index (χ2v) is 8.48. The minimum atomic E-state index is -0.769. The molecule has 0 fully saturated rings. The van der Waals surface area contributed by atoms with Gasteiger partial charge in [0, 0.05) is 16.7 Å². The van der Waals surface area contributed by atoms with Crippen LogP contribution in [0.1, 0.15) is 63.8 Å². The molecule has 0 aliphatic carbocycles. The van der Waals surface area contributed by atoms with Crippen molar-refractivity contribution in [1.29, 1.82) is 0 Å². The number of hydrogen-bond donors (Lipinski definition) is 0. The summed E-state index contributed by atoms with van der Waals surface area (Å²) in [4.78, 5) is 12.4. The predicted octanol–water partition coefficient (Wildman–Crippen LogP) is 5.68. The number of carbonyl (C=O) groups excluding carboxylic acids is 1. The Labute approximate surface area is 168 Å². The molecule has 0 heterocycles. The molecule has 144 valence electrons. The normalized spacial score (nSPS) is 11.0. The summed E-state index contributed by atoms with van der Waals surface area (Å²) in [7, 11) is 0. The zero-order valence-corrected chi connectivity index (χ0v) is 17.3. The summed E-state index contributed by atoms with van der Waals surface area (Å²) < 4.78 is 11.0. The van der Waals surface area contributed by atoms with Gasteiger partial charge in [-0.1, -0.05) is 56.7 Å². The highest BCUT2D eigenvalue weighted by molar-refractivity contribution is 5.69. The Bertz CT molecular complexity index is 954. The monoisotopic (exact) mass is 374 g/mol.